The molecule has 0 aromatic carbocycles. The summed E-state index contributed by atoms with van der Waals surface area (Å²) < 4.78 is 62.0. The number of carbonyl (C=O) groups is 3. The van der Waals surface area contributed by atoms with E-state index in [0.29, 0.717) is 4.88 Å². The molecule has 4 rings (SSSR count). The molecule has 7 atom stereocenters. The number of nitrogens with one attached hydrogen (secondary N) is 2. The number of nitrogens with zero attached hydrogens (tertiary/aromatic N) is 4. The molecule has 0 saturated carbocycles. The van der Waals surface area contributed by atoms with E-state index in [1.165, 1.54) is 26.0 Å². The number of amides is 2. The molecule has 0 aliphatic carbocycles. The normalized spacial score (nSPS) is 21.6. The van der Waals surface area contributed by atoms with E-state index in [1.54, 1.807) is 0 Å². The molecule has 30 heteroatoms. The minimum Gasteiger partial charge on any atom is -0.499 e. The van der Waals surface area contributed by atoms with Crippen LogP contribution in [0.2, 0.25) is 0 Å². The van der Waals surface area contributed by atoms with Crippen LogP contribution < -0.4 is 16.4 Å². The maximum absolute atomic E-state index is 12.7. The monoisotopic (exact) mass is 893 g/mol. The molecule has 0 bridgehead atoms. The molecule has 11 N–H and O–H groups in total. The minimum absolute atomic E-state index is 0.000766. The van der Waals surface area contributed by atoms with Gasteiger partial charge in [-0.05, 0) is 12.1 Å². The zero-order valence-electron chi connectivity index (χ0n) is 29.1. The quantitative estimate of drug-likeness (QED) is 0.0516. The standard InChI is InChI=1S/C26H38N7O18P3S2/c1-26(2,20(37)23(38)29-6-5-15(34)28-7-8-55-25(39)14-3-4-16(35)56-14)10-48-54(45,46)51-53(43,44)47-9-13-19(50-52(40,41)42)18(36)24(49-13)33-12-32-17-21(27)30-11-31-22(17)33/h3-4,11-13,18-20,24,35-37H,5-10H2,1-2H3,(H,28,34)(H,29,38)(H,43,44)(H,45,46)(H2,27,30,31)(H2,40,41,42)/t13-,18-,19-,20+,24-/m1/s1. The highest BCUT2D eigenvalue weighted by molar-refractivity contribution is 8.14. The van der Waals surface area contributed by atoms with Crippen molar-refractivity contribution in [2.75, 3.05) is 37.8 Å². The first-order valence-corrected chi connectivity index (χ1v) is 22.2. The van der Waals surface area contributed by atoms with Crippen LogP contribution in [0.15, 0.2) is 24.8 Å². The molecular weight excluding hydrogens is 855 g/mol. The molecule has 4 heterocycles. The van der Waals surface area contributed by atoms with Crippen LogP contribution in [0, 0.1) is 5.41 Å². The zero-order valence-corrected chi connectivity index (χ0v) is 33.4. The Morgan fingerprint density at radius 3 is 2.43 bits per heavy atom. The van der Waals surface area contributed by atoms with Gasteiger partial charge in [-0.2, -0.15) is 4.31 Å². The number of thioether (sulfide) groups is 1. The molecule has 2 amide bonds. The maximum atomic E-state index is 12.7. The third kappa shape index (κ3) is 12.8. The van der Waals surface area contributed by atoms with Crippen LogP contribution in [-0.2, 0) is 45.9 Å². The molecule has 3 aromatic heterocycles. The van der Waals surface area contributed by atoms with Gasteiger partial charge >= 0.3 is 23.5 Å². The molecule has 56 heavy (non-hydrogen) atoms. The Kier molecular flexibility index (Phi) is 15.3. The second kappa shape index (κ2) is 18.8. The smallest absolute Gasteiger partial charge is 0.481 e. The highest BCUT2D eigenvalue weighted by Gasteiger charge is 2.50. The Morgan fingerprint density at radius 1 is 1.07 bits per heavy atom. The maximum Gasteiger partial charge on any atom is 0.481 e. The van der Waals surface area contributed by atoms with Crippen molar-refractivity contribution < 1.29 is 85.6 Å². The first-order valence-electron chi connectivity index (χ1n) is 15.8. The van der Waals surface area contributed by atoms with E-state index in [9.17, 15) is 63.0 Å². The lowest BCUT2D eigenvalue weighted by Gasteiger charge is -2.30. The van der Waals surface area contributed by atoms with E-state index in [4.69, 9.17) is 19.5 Å². The van der Waals surface area contributed by atoms with Gasteiger partial charge in [-0.3, -0.25) is 32.5 Å². The van der Waals surface area contributed by atoms with Crippen LogP contribution >= 0.6 is 46.6 Å². The summed E-state index contributed by atoms with van der Waals surface area (Å²) in [6.07, 6.45) is -7.01. The van der Waals surface area contributed by atoms with Gasteiger partial charge in [-0.1, -0.05) is 36.9 Å². The van der Waals surface area contributed by atoms with Gasteiger partial charge in [0.15, 0.2) is 22.8 Å². The van der Waals surface area contributed by atoms with Crippen molar-refractivity contribution in [1.82, 2.24) is 30.2 Å². The number of aliphatic hydroxyl groups is 2. The van der Waals surface area contributed by atoms with E-state index in [2.05, 4.69) is 34.4 Å². The summed E-state index contributed by atoms with van der Waals surface area (Å²) in [6, 6.07) is 2.86. The number of thiophene rings is 1. The minimum atomic E-state index is -5.58. The summed E-state index contributed by atoms with van der Waals surface area (Å²) in [5, 5.41) is 35.3. The topological polar surface area (TPSA) is 384 Å². The van der Waals surface area contributed by atoms with Crippen molar-refractivity contribution in [3.8, 4) is 5.06 Å². The number of phosphoric acid groups is 3. The summed E-state index contributed by atoms with van der Waals surface area (Å²) >= 11 is 1.86. The molecule has 1 fully saturated rings. The average Bonchev–Trinajstić information content (AvgIpc) is 3.81. The molecular formula is C26H38N7O18P3S2. The summed E-state index contributed by atoms with van der Waals surface area (Å²) in [5.41, 5.74) is 4.23. The van der Waals surface area contributed by atoms with E-state index in [1.807, 2.05) is 0 Å². The molecule has 3 aromatic rings. The van der Waals surface area contributed by atoms with Gasteiger partial charge in [0, 0.05) is 30.7 Å². The van der Waals surface area contributed by atoms with Crippen molar-refractivity contribution in [2.45, 2.75) is 50.9 Å². The summed E-state index contributed by atoms with van der Waals surface area (Å²) in [4.78, 5) is 87.9. The molecule has 0 spiro atoms. The molecule has 2 unspecified atom stereocenters. The van der Waals surface area contributed by atoms with Crippen molar-refractivity contribution in [1.29, 1.82) is 0 Å². The van der Waals surface area contributed by atoms with Gasteiger partial charge < -0.3 is 56.0 Å². The lowest BCUT2D eigenvalue weighted by atomic mass is 9.87. The van der Waals surface area contributed by atoms with Crippen LogP contribution in [0.25, 0.3) is 11.2 Å². The van der Waals surface area contributed by atoms with Gasteiger partial charge in [-0.25, -0.2) is 28.6 Å². The molecule has 25 nitrogen and oxygen atoms in total. The first-order chi connectivity index (χ1) is 26.0. The van der Waals surface area contributed by atoms with Gasteiger partial charge in [-0.15, -0.1) is 0 Å². The lowest BCUT2D eigenvalue weighted by molar-refractivity contribution is -0.137. The summed E-state index contributed by atoms with van der Waals surface area (Å²) in [6.45, 7) is 0.332. The number of rotatable bonds is 20. The Morgan fingerprint density at radius 2 is 1.77 bits per heavy atom. The Balaban J connectivity index is 1.23. The van der Waals surface area contributed by atoms with Gasteiger partial charge in [0.25, 0.3) is 0 Å². The molecule has 1 saturated heterocycles. The fourth-order valence-corrected chi connectivity index (χ4v) is 9.09. The van der Waals surface area contributed by atoms with E-state index in [-0.39, 0.29) is 52.4 Å². The highest BCUT2D eigenvalue weighted by Crippen LogP contribution is 2.61. The summed E-state index contributed by atoms with van der Waals surface area (Å²) in [5.74, 6) is -1.29. The van der Waals surface area contributed by atoms with Crippen molar-refractivity contribution in [3.05, 3.63) is 29.7 Å². The fourth-order valence-electron chi connectivity index (χ4n) is 4.78. The molecule has 312 valence electrons. The van der Waals surface area contributed by atoms with Crippen LogP contribution in [-0.4, -0.2) is 128 Å². The van der Waals surface area contributed by atoms with Gasteiger partial charge in [0.05, 0.1) is 24.4 Å². The SMILES string of the molecule is CC(C)(COP(=O)(O)OP(=O)(O)OC[C@H]1O[C@@H](n2cnc3c(N)ncnc32)[C@H](O)[C@@H]1OP(=O)(O)O)[C@@H](O)C(=O)NCCC(=O)NCCSC(=O)c1ccc(O)s1. The number of aromatic hydroxyl groups is 1. The van der Waals surface area contributed by atoms with Crippen molar-refractivity contribution >= 4 is 80.5 Å². The predicted molar refractivity (Wildman–Crippen MR) is 192 cm³/mol. The van der Waals surface area contributed by atoms with Crippen LogP contribution in [0.5, 0.6) is 5.06 Å². The van der Waals surface area contributed by atoms with E-state index < -0.39 is 84.6 Å². The number of aliphatic hydroxyl groups excluding tert-OH is 2. The van der Waals surface area contributed by atoms with E-state index >= 15 is 0 Å². The average molecular weight is 894 g/mol. The number of ether oxygens (including phenoxy) is 1. The first kappa shape index (κ1) is 45.8. The Labute approximate surface area is 324 Å². The van der Waals surface area contributed by atoms with Crippen LogP contribution in [0.3, 0.4) is 0 Å². The third-order valence-electron chi connectivity index (χ3n) is 7.53. The largest absolute Gasteiger partial charge is 0.499 e. The van der Waals surface area contributed by atoms with Crippen molar-refractivity contribution in [3.63, 3.8) is 0 Å². The van der Waals surface area contributed by atoms with E-state index in [0.717, 1.165) is 40.3 Å². The van der Waals surface area contributed by atoms with Crippen LogP contribution in [0.1, 0.15) is 36.2 Å². The second-order valence-corrected chi connectivity index (χ2v) is 18.7. The zero-order chi connectivity index (χ0) is 41.6. The van der Waals surface area contributed by atoms with Gasteiger partial charge in [0.1, 0.15) is 36.3 Å². The number of hydrogen-bond acceptors (Lipinski definition) is 20. The third-order valence-corrected chi connectivity index (χ3v) is 12.5. The highest BCUT2D eigenvalue weighted by atomic mass is 32.2. The predicted octanol–water partition coefficient (Wildman–Crippen LogP) is -0.254. The number of fused-ring (bicyclic) bond motifs is 1. The number of phosphoric ester groups is 3. The number of nitrogens with two attached hydrogens (primary N) is 1. The summed E-state index contributed by atoms with van der Waals surface area (Å²) in [7, 11) is -16.4. The Bertz CT molecular complexity index is 2030. The molecule has 0 radical (unpaired) electrons. The number of aromatic nitrogens is 4. The number of nitrogen functional groups attached to an aromatic ring is 1. The molecule has 1 aliphatic rings. The second-order valence-electron chi connectivity index (χ2n) is 12.3. The van der Waals surface area contributed by atoms with Crippen LogP contribution in [0.4, 0.5) is 5.82 Å². The fraction of sp³-hybridized carbons (Fsp3) is 0.538. The van der Waals surface area contributed by atoms with Crippen molar-refractivity contribution in [2.24, 2.45) is 5.41 Å². The lowest BCUT2D eigenvalue weighted by Crippen LogP contribution is -2.46. The number of carbonyl (C=O) groups excluding carboxylic acids is 3. The number of hydrogen-bond donors (Lipinski definition) is 10. The number of anilines is 1. The molecule has 1 aliphatic heterocycles. The van der Waals surface area contributed by atoms with Gasteiger partial charge in [0.2, 0.25) is 16.9 Å². The number of imidazole rings is 1. The Hall–Kier alpha value is -2.94.